The fraction of sp³-hybridized carbons (Fsp3) is 0.737. The predicted octanol–water partition coefficient (Wildman–Crippen LogP) is 2.77. The number of H-pyrrole nitrogens is 1. The number of nitrogens with zero attached hydrogens (tertiary/aromatic N) is 4. The third kappa shape index (κ3) is 3.86. The quantitative estimate of drug-likeness (QED) is 0.697. The van der Waals surface area contributed by atoms with Crippen molar-refractivity contribution in [3.05, 3.63) is 20.8 Å². The van der Waals surface area contributed by atoms with E-state index in [1.54, 1.807) is 7.05 Å². The predicted molar refractivity (Wildman–Crippen MR) is 105 cm³/mol. The number of aromatic nitrogens is 4. The molecule has 0 saturated carbocycles. The number of aromatic amines is 1. The number of rotatable bonds is 9. The highest BCUT2D eigenvalue weighted by molar-refractivity contribution is 5.74. The first-order valence-electron chi connectivity index (χ1n) is 10.1. The van der Waals surface area contributed by atoms with Crippen molar-refractivity contribution < 1.29 is 0 Å². The number of nitrogens with one attached hydrogen (secondary N) is 1. The minimum Gasteiger partial charge on any atom is -0.342 e. The lowest BCUT2D eigenvalue weighted by Gasteiger charge is -2.18. The largest absolute Gasteiger partial charge is 0.342 e. The van der Waals surface area contributed by atoms with Crippen molar-refractivity contribution >= 4 is 17.1 Å². The first-order valence-corrected chi connectivity index (χ1v) is 10.1. The van der Waals surface area contributed by atoms with E-state index in [9.17, 15) is 9.59 Å². The molecule has 0 aliphatic carbocycles. The maximum atomic E-state index is 12.5. The zero-order chi connectivity index (χ0) is 18.5. The van der Waals surface area contributed by atoms with Crippen LogP contribution in [0.25, 0.3) is 11.2 Å². The van der Waals surface area contributed by atoms with Crippen LogP contribution in [-0.4, -0.2) is 32.2 Å². The Morgan fingerprint density at radius 2 is 1.65 bits per heavy atom. The highest BCUT2D eigenvalue weighted by Crippen LogP contribution is 2.24. The second-order valence-corrected chi connectivity index (χ2v) is 7.37. The first kappa shape index (κ1) is 18.7. The Morgan fingerprint density at radius 1 is 1.00 bits per heavy atom. The van der Waals surface area contributed by atoms with E-state index in [0.29, 0.717) is 11.2 Å². The average Bonchev–Trinajstić information content (AvgIpc) is 3.27. The van der Waals surface area contributed by atoms with Gasteiger partial charge < -0.3 is 9.47 Å². The van der Waals surface area contributed by atoms with Crippen molar-refractivity contribution in [3.8, 4) is 0 Å². The van der Waals surface area contributed by atoms with Crippen LogP contribution >= 0.6 is 0 Å². The first-order chi connectivity index (χ1) is 12.6. The normalized spacial score (nSPS) is 14.6. The molecule has 0 amide bonds. The van der Waals surface area contributed by atoms with Crippen LogP contribution in [0.4, 0.5) is 5.95 Å². The fourth-order valence-electron chi connectivity index (χ4n) is 3.82. The molecule has 3 rings (SSSR count). The number of hydrogen-bond donors (Lipinski definition) is 1. The van der Waals surface area contributed by atoms with Crippen LogP contribution in [0.15, 0.2) is 9.59 Å². The van der Waals surface area contributed by atoms with Gasteiger partial charge in [0.1, 0.15) is 0 Å². The molecule has 1 N–H and O–H groups in total. The van der Waals surface area contributed by atoms with E-state index < -0.39 is 5.69 Å². The van der Waals surface area contributed by atoms with Crippen molar-refractivity contribution in [2.24, 2.45) is 7.05 Å². The Balaban J connectivity index is 1.82. The van der Waals surface area contributed by atoms with Gasteiger partial charge >= 0.3 is 5.69 Å². The van der Waals surface area contributed by atoms with Crippen molar-refractivity contribution in [2.45, 2.75) is 71.3 Å². The summed E-state index contributed by atoms with van der Waals surface area (Å²) in [5.74, 6) is 0.843. The van der Waals surface area contributed by atoms with E-state index >= 15 is 0 Å². The molecule has 1 saturated heterocycles. The minimum absolute atomic E-state index is 0.330. The van der Waals surface area contributed by atoms with Crippen LogP contribution in [0, 0.1) is 0 Å². The number of hydrogen-bond acceptors (Lipinski definition) is 4. The lowest BCUT2D eigenvalue weighted by Crippen LogP contribution is -2.29. The fourth-order valence-corrected chi connectivity index (χ4v) is 3.82. The second kappa shape index (κ2) is 8.56. The van der Waals surface area contributed by atoms with Crippen molar-refractivity contribution in [2.75, 3.05) is 18.0 Å². The molecule has 1 aliphatic heterocycles. The van der Waals surface area contributed by atoms with Gasteiger partial charge in [0.05, 0.1) is 0 Å². The molecule has 0 atom stereocenters. The molecule has 3 heterocycles. The summed E-state index contributed by atoms with van der Waals surface area (Å²) in [6.07, 6.45) is 10.9. The second-order valence-electron chi connectivity index (χ2n) is 7.37. The smallest absolute Gasteiger partial charge is 0.329 e. The minimum atomic E-state index is -0.406. The number of imidazole rings is 1. The van der Waals surface area contributed by atoms with Crippen molar-refractivity contribution in [3.63, 3.8) is 0 Å². The molecule has 7 nitrogen and oxygen atoms in total. The van der Waals surface area contributed by atoms with Gasteiger partial charge in [-0.25, -0.2) is 4.79 Å². The van der Waals surface area contributed by atoms with E-state index in [0.717, 1.165) is 51.3 Å². The Kier molecular flexibility index (Phi) is 6.16. The summed E-state index contributed by atoms with van der Waals surface area (Å²) in [6, 6.07) is 0. The molecule has 1 aliphatic rings. The summed E-state index contributed by atoms with van der Waals surface area (Å²) < 4.78 is 3.47. The summed E-state index contributed by atoms with van der Waals surface area (Å²) in [5.41, 5.74) is 0.281. The molecule has 2 aromatic heterocycles. The lowest BCUT2D eigenvalue weighted by molar-refractivity contribution is 0.553. The molecule has 0 unspecified atom stereocenters. The highest BCUT2D eigenvalue weighted by Gasteiger charge is 2.23. The zero-order valence-corrected chi connectivity index (χ0v) is 16.1. The molecular weight excluding hydrogens is 330 g/mol. The molecule has 0 spiro atoms. The van der Waals surface area contributed by atoms with Gasteiger partial charge in [0.25, 0.3) is 5.56 Å². The molecule has 0 radical (unpaired) electrons. The molecule has 0 bridgehead atoms. The number of unbranched alkanes of at least 4 members (excludes halogenated alkanes) is 6. The van der Waals surface area contributed by atoms with E-state index in [4.69, 9.17) is 0 Å². The number of aryl methyl sites for hydroxylation is 2. The van der Waals surface area contributed by atoms with Crippen molar-refractivity contribution in [1.29, 1.82) is 0 Å². The zero-order valence-electron chi connectivity index (χ0n) is 16.1. The monoisotopic (exact) mass is 361 g/mol. The Morgan fingerprint density at radius 3 is 2.35 bits per heavy atom. The molecular formula is C19H31N5O2. The number of anilines is 1. The van der Waals surface area contributed by atoms with E-state index in [2.05, 4.69) is 21.8 Å². The third-order valence-electron chi connectivity index (χ3n) is 5.36. The van der Waals surface area contributed by atoms with Crippen LogP contribution in [0.1, 0.15) is 64.7 Å². The van der Waals surface area contributed by atoms with Gasteiger partial charge in [0.2, 0.25) is 5.95 Å². The van der Waals surface area contributed by atoms with E-state index in [1.807, 2.05) is 4.57 Å². The van der Waals surface area contributed by atoms with Gasteiger partial charge in [-0.1, -0.05) is 45.4 Å². The van der Waals surface area contributed by atoms with Crippen LogP contribution < -0.4 is 16.1 Å². The topological polar surface area (TPSA) is 75.9 Å². The van der Waals surface area contributed by atoms with Gasteiger partial charge in [-0.2, -0.15) is 4.98 Å². The standard InChI is InChI=1S/C19H31N5O2/c1-3-4-5-6-7-8-9-14-24-15-16(22(2)19(26)21-17(15)25)20-18(24)23-12-10-11-13-23/h3-14H2,1-2H3,(H,21,25,26). The molecule has 7 heteroatoms. The summed E-state index contributed by atoms with van der Waals surface area (Å²) in [6.45, 7) is 4.94. The van der Waals surface area contributed by atoms with Crippen LogP contribution in [0.3, 0.4) is 0 Å². The Labute approximate surface area is 154 Å². The summed E-state index contributed by atoms with van der Waals surface area (Å²) in [5, 5.41) is 0. The summed E-state index contributed by atoms with van der Waals surface area (Å²) in [7, 11) is 1.67. The van der Waals surface area contributed by atoms with Gasteiger partial charge in [0.15, 0.2) is 11.2 Å². The van der Waals surface area contributed by atoms with Gasteiger partial charge in [-0.05, 0) is 19.3 Å². The maximum Gasteiger partial charge on any atom is 0.329 e. The van der Waals surface area contributed by atoms with Crippen LogP contribution in [0.2, 0.25) is 0 Å². The van der Waals surface area contributed by atoms with Crippen molar-refractivity contribution in [1.82, 2.24) is 19.1 Å². The lowest BCUT2D eigenvalue weighted by atomic mass is 10.1. The average molecular weight is 361 g/mol. The molecule has 144 valence electrons. The van der Waals surface area contributed by atoms with Gasteiger partial charge in [-0.15, -0.1) is 0 Å². The summed E-state index contributed by atoms with van der Waals surface area (Å²) in [4.78, 5) is 33.7. The van der Waals surface area contributed by atoms with Crippen LogP contribution in [0.5, 0.6) is 0 Å². The van der Waals surface area contributed by atoms with Gasteiger partial charge in [0, 0.05) is 26.7 Å². The van der Waals surface area contributed by atoms with Gasteiger partial charge in [-0.3, -0.25) is 14.3 Å². The maximum absolute atomic E-state index is 12.5. The Hall–Kier alpha value is -2.05. The number of fused-ring (bicyclic) bond motifs is 1. The Bertz CT molecular complexity index is 842. The molecule has 0 aromatic carbocycles. The molecule has 2 aromatic rings. The summed E-state index contributed by atoms with van der Waals surface area (Å²) >= 11 is 0. The molecule has 1 fully saturated rings. The third-order valence-corrected chi connectivity index (χ3v) is 5.36. The van der Waals surface area contributed by atoms with E-state index in [1.165, 1.54) is 36.7 Å². The van der Waals surface area contributed by atoms with Crippen LogP contribution in [-0.2, 0) is 13.6 Å². The molecule has 26 heavy (non-hydrogen) atoms. The van der Waals surface area contributed by atoms with E-state index in [-0.39, 0.29) is 5.56 Å². The SMILES string of the molecule is CCCCCCCCCn1c(N2CCCC2)nc2c1c(=O)[nH]c(=O)n2C. The highest BCUT2D eigenvalue weighted by atomic mass is 16.2.